The smallest absolute Gasteiger partial charge is 0.336 e. The molecule has 0 spiro atoms. The van der Waals surface area contributed by atoms with E-state index in [1.54, 1.807) is 35.4 Å². The summed E-state index contributed by atoms with van der Waals surface area (Å²) >= 11 is 1.61. The summed E-state index contributed by atoms with van der Waals surface area (Å²) in [7, 11) is 1.74. The zero-order valence-electron chi connectivity index (χ0n) is 13.4. The van der Waals surface area contributed by atoms with Gasteiger partial charge in [-0.1, -0.05) is 6.07 Å². The Hall–Kier alpha value is -2.60. The van der Waals surface area contributed by atoms with E-state index in [-0.39, 0.29) is 12.5 Å². The van der Waals surface area contributed by atoms with E-state index in [0.717, 1.165) is 15.8 Å². The first-order chi connectivity index (χ1) is 11.5. The van der Waals surface area contributed by atoms with Gasteiger partial charge in [0.05, 0.1) is 6.54 Å². The van der Waals surface area contributed by atoms with Gasteiger partial charge in [-0.15, -0.1) is 11.3 Å². The molecule has 6 heteroatoms. The van der Waals surface area contributed by atoms with Crippen LogP contribution in [0.4, 0.5) is 0 Å². The van der Waals surface area contributed by atoms with Gasteiger partial charge < -0.3 is 14.1 Å². The van der Waals surface area contributed by atoms with Gasteiger partial charge in [-0.2, -0.15) is 0 Å². The minimum absolute atomic E-state index is 0.0660. The van der Waals surface area contributed by atoms with Crippen molar-refractivity contribution < 1.29 is 13.9 Å². The molecule has 3 aromatic rings. The summed E-state index contributed by atoms with van der Waals surface area (Å²) in [5.74, 6) is 0.378. The Balaban J connectivity index is 1.66. The van der Waals surface area contributed by atoms with Crippen LogP contribution in [0, 0.1) is 6.92 Å². The number of aryl methyl sites for hydroxylation is 1. The summed E-state index contributed by atoms with van der Waals surface area (Å²) in [4.78, 5) is 26.3. The maximum atomic E-state index is 12.1. The number of nitrogens with zero attached hydrogens (tertiary/aromatic N) is 1. The number of thiophene rings is 1. The Morgan fingerprint density at radius 2 is 2.12 bits per heavy atom. The molecule has 0 saturated carbocycles. The third-order valence-electron chi connectivity index (χ3n) is 3.68. The lowest BCUT2D eigenvalue weighted by atomic mass is 10.1. The molecule has 0 unspecified atom stereocenters. The Bertz CT molecular complexity index is 914. The van der Waals surface area contributed by atoms with Crippen LogP contribution in [0.5, 0.6) is 5.75 Å². The van der Waals surface area contributed by atoms with Crippen molar-refractivity contribution in [3.05, 3.63) is 62.6 Å². The van der Waals surface area contributed by atoms with Crippen LogP contribution in [-0.4, -0.2) is 24.5 Å². The van der Waals surface area contributed by atoms with Crippen molar-refractivity contribution in [1.82, 2.24) is 4.90 Å². The second-order valence-corrected chi connectivity index (χ2v) is 6.56. The summed E-state index contributed by atoms with van der Waals surface area (Å²) in [5.41, 5.74) is 0.903. The molecule has 0 atom stereocenters. The maximum Gasteiger partial charge on any atom is 0.336 e. The van der Waals surface area contributed by atoms with Gasteiger partial charge in [-0.3, -0.25) is 4.79 Å². The van der Waals surface area contributed by atoms with Crippen molar-refractivity contribution in [2.45, 2.75) is 13.5 Å². The van der Waals surface area contributed by atoms with Gasteiger partial charge >= 0.3 is 5.63 Å². The molecule has 0 saturated heterocycles. The fourth-order valence-corrected chi connectivity index (χ4v) is 3.13. The second kappa shape index (κ2) is 6.88. The number of hydrogen-bond acceptors (Lipinski definition) is 5. The predicted octanol–water partition coefficient (Wildman–Crippen LogP) is 3.20. The molecule has 2 heterocycles. The minimum atomic E-state index is -0.399. The van der Waals surface area contributed by atoms with Gasteiger partial charge in [-0.05, 0) is 36.1 Å². The molecule has 24 heavy (non-hydrogen) atoms. The van der Waals surface area contributed by atoms with E-state index in [4.69, 9.17) is 9.15 Å². The standard InChI is InChI=1S/C18H17NO4S/c1-12-8-18(21)23-16-9-13(5-6-15(12)16)22-11-17(20)19(2)10-14-4-3-7-24-14/h3-9H,10-11H2,1-2H3. The quantitative estimate of drug-likeness (QED) is 0.668. The zero-order valence-corrected chi connectivity index (χ0v) is 14.3. The maximum absolute atomic E-state index is 12.1. The molecule has 0 aliphatic heterocycles. The lowest BCUT2D eigenvalue weighted by Gasteiger charge is -2.16. The van der Waals surface area contributed by atoms with E-state index in [1.807, 2.05) is 30.5 Å². The lowest BCUT2D eigenvalue weighted by Crippen LogP contribution is -2.30. The van der Waals surface area contributed by atoms with Crippen LogP contribution in [-0.2, 0) is 11.3 Å². The molecule has 124 valence electrons. The van der Waals surface area contributed by atoms with E-state index in [0.29, 0.717) is 17.9 Å². The molecule has 0 fully saturated rings. The molecule has 0 bridgehead atoms. The van der Waals surface area contributed by atoms with Gasteiger partial charge in [0, 0.05) is 29.4 Å². The Labute approximate surface area is 143 Å². The van der Waals surface area contributed by atoms with E-state index in [2.05, 4.69) is 0 Å². The zero-order chi connectivity index (χ0) is 17.1. The fourth-order valence-electron chi connectivity index (χ4n) is 2.37. The van der Waals surface area contributed by atoms with Crippen LogP contribution in [0.2, 0.25) is 0 Å². The van der Waals surface area contributed by atoms with Crippen molar-refractivity contribution in [1.29, 1.82) is 0 Å². The second-order valence-electron chi connectivity index (χ2n) is 5.52. The largest absolute Gasteiger partial charge is 0.484 e. The van der Waals surface area contributed by atoms with E-state index >= 15 is 0 Å². The Kier molecular flexibility index (Phi) is 4.66. The van der Waals surface area contributed by atoms with Crippen LogP contribution < -0.4 is 10.4 Å². The molecule has 1 amide bonds. The summed E-state index contributed by atoms with van der Waals surface area (Å²) < 4.78 is 10.7. The first-order valence-corrected chi connectivity index (χ1v) is 8.34. The third-order valence-corrected chi connectivity index (χ3v) is 4.55. The SMILES string of the molecule is Cc1cc(=O)oc2cc(OCC(=O)N(C)Cc3cccs3)ccc12. The van der Waals surface area contributed by atoms with Crippen LogP contribution in [0.15, 0.2) is 51.0 Å². The Morgan fingerprint density at radius 3 is 2.88 bits per heavy atom. The summed E-state index contributed by atoms with van der Waals surface area (Å²) in [6, 6.07) is 10.6. The van der Waals surface area contributed by atoms with E-state index in [1.165, 1.54) is 6.07 Å². The number of carbonyl (C=O) groups excluding carboxylic acids is 1. The number of benzene rings is 1. The number of amides is 1. The van der Waals surface area contributed by atoms with E-state index in [9.17, 15) is 9.59 Å². The molecular formula is C18H17NO4S. The highest BCUT2D eigenvalue weighted by Gasteiger charge is 2.11. The van der Waals surface area contributed by atoms with Crippen molar-refractivity contribution in [2.24, 2.45) is 0 Å². The molecule has 0 aliphatic carbocycles. The topological polar surface area (TPSA) is 59.8 Å². The van der Waals surface area contributed by atoms with Gasteiger partial charge in [-0.25, -0.2) is 4.79 Å². The number of likely N-dealkylation sites (N-methyl/N-ethyl adjacent to an activating group) is 1. The van der Waals surface area contributed by atoms with Crippen LogP contribution >= 0.6 is 11.3 Å². The van der Waals surface area contributed by atoms with Crippen molar-refractivity contribution in [3.8, 4) is 5.75 Å². The van der Waals surface area contributed by atoms with Crippen molar-refractivity contribution >= 4 is 28.2 Å². The number of rotatable bonds is 5. The van der Waals surface area contributed by atoms with Gasteiger partial charge in [0.1, 0.15) is 11.3 Å². The lowest BCUT2D eigenvalue weighted by molar-refractivity contribution is -0.132. The first kappa shape index (κ1) is 16.3. The van der Waals surface area contributed by atoms with Crippen LogP contribution in [0.3, 0.4) is 0 Å². The molecule has 0 aliphatic rings. The molecular weight excluding hydrogens is 326 g/mol. The van der Waals surface area contributed by atoms with Crippen molar-refractivity contribution in [3.63, 3.8) is 0 Å². The number of ether oxygens (including phenoxy) is 1. The molecule has 0 N–H and O–H groups in total. The predicted molar refractivity (Wildman–Crippen MR) is 93.5 cm³/mol. The Morgan fingerprint density at radius 1 is 1.29 bits per heavy atom. The summed E-state index contributed by atoms with van der Waals surface area (Å²) in [5, 5.41) is 2.83. The number of carbonyl (C=O) groups is 1. The number of fused-ring (bicyclic) bond motifs is 1. The van der Waals surface area contributed by atoms with Crippen LogP contribution in [0.25, 0.3) is 11.0 Å². The molecule has 0 radical (unpaired) electrons. The van der Waals surface area contributed by atoms with Gasteiger partial charge in [0.2, 0.25) is 0 Å². The highest BCUT2D eigenvalue weighted by atomic mass is 32.1. The molecule has 2 aromatic heterocycles. The average molecular weight is 343 g/mol. The third kappa shape index (κ3) is 3.65. The summed E-state index contributed by atoms with van der Waals surface area (Å²) in [6.07, 6.45) is 0. The summed E-state index contributed by atoms with van der Waals surface area (Å²) in [6.45, 7) is 2.35. The first-order valence-electron chi connectivity index (χ1n) is 7.46. The van der Waals surface area contributed by atoms with Crippen molar-refractivity contribution in [2.75, 3.05) is 13.7 Å². The van der Waals surface area contributed by atoms with Gasteiger partial charge in [0.25, 0.3) is 5.91 Å². The minimum Gasteiger partial charge on any atom is -0.484 e. The molecule has 1 aromatic carbocycles. The molecule has 3 rings (SSSR count). The monoisotopic (exact) mass is 343 g/mol. The van der Waals surface area contributed by atoms with E-state index < -0.39 is 5.63 Å². The fraction of sp³-hybridized carbons (Fsp3) is 0.222. The van der Waals surface area contributed by atoms with Crippen LogP contribution in [0.1, 0.15) is 10.4 Å². The number of hydrogen-bond donors (Lipinski definition) is 0. The highest BCUT2D eigenvalue weighted by molar-refractivity contribution is 7.09. The highest BCUT2D eigenvalue weighted by Crippen LogP contribution is 2.22. The molecule has 5 nitrogen and oxygen atoms in total. The normalized spacial score (nSPS) is 10.8. The van der Waals surface area contributed by atoms with Gasteiger partial charge in [0.15, 0.2) is 6.61 Å². The average Bonchev–Trinajstić information content (AvgIpc) is 3.04.